The molecule has 1 aromatic heterocycles. The largest absolute Gasteiger partial charge is 0.382 e. The molecule has 4 nitrogen and oxygen atoms in total. The van der Waals surface area contributed by atoms with Gasteiger partial charge in [-0.05, 0) is 31.6 Å². The van der Waals surface area contributed by atoms with Crippen molar-refractivity contribution < 1.29 is 9.90 Å². The lowest BCUT2D eigenvalue weighted by molar-refractivity contribution is 0.00426. The van der Waals surface area contributed by atoms with Crippen molar-refractivity contribution in [2.75, 3.05) is 0 Å². The van der Waals surface area contributed by atoms with Crippen LogP contribution in [-0.4, -0.2) is 26.3 Å². The normalized spacial score (nSPS) is 30.3. The Bertz CT molecular complexity index is 389. The van der Waals surface area contributed by atoms with Gasteiger partial charge in [0.1, 0.15) is 5.60 Å². The van der Waals surface area contributed by atoms with E-state index in [1.165, 1.54) is 6.20 Å². The molecule has 1 aliphatic carbocycles. The molecule has 4 heteroatoms. The highest BCUT2D eigenvalue weighted by Gasteiger charge is 2.39. The third-order valence-electron chi connectivity index (χ3n) is 3.49. The summed E-state index contributed by atoms with van der Waals surface area (Å²) in [4.78, 5) is 12.1. The van der Waals surface area contributed by atoms with Crippen molar-refractivity contribution in [2.24, 2.45) is 13.0 Å². The van der Waals surface area contributed by atoms with E-state index in [2.05, 4.69) is 12.0 Å². The highest BCUT2D eigenvalue weighted by atomic mass is 16.3. The van der Waals surface area contributed by atoms with Crippen LogP contribution in [-0.2, 0) is 7.05 Å². The summed E-state index contributed by atoms with van der Waals surface area (Å²) in [6, 6.07) is 0. The van der Waals surface area contributed by atoms with E-state index in [4.69, 9.17) is 0 Å². The number of hydrogen-bond donors (Lipinski definition) is 1. The van der Waals surface area contributed by atoms with Crippen molar-refractivity contribution in [1.82, 2.24) is 9.78 Å². The van der Waals surface area contributed by atoms with E-state index in [1.807, 2.05) is 0 Å². The predicted octanol–water partition coefficient (Wildman–Crippen LogP) is 1.54. The molecule has 2 rings (SSSR count). The van der Waals surface area contributed by atoms with Gasteiger partial charge in [0.2, 0.25) is 0 Å². The van der Waals surface area contributed by atoms with Gasteiger partial charge in [-0.3, -0.25) is 9.48 Å². The second-order valence-corrected chi connectivity index (χ2v) is 4.95. The van der Waals surface area contributed by atoms with Gasteiger partial charge in [0.25, 0.3) is 0 Å². The summed E-state index contributed by atoms with van der Waals surface area (Å²) in [5.41, 5.74) is -0.644. The fraction of sp³-hybridized carbons (Fsp3) is 0.667. The molecule has 0 unspecified atom stereocenters. The Morgan fingerprint density at radius 3 is 2.69 bits per heavy atom. The molecule has 0 amide bonds. The smallest absolute Gasteiger partial charge is 0.197 e. The van der Waals surface area contributed by atoms with Crippen LogP contribution >= 0.6 is 0 Å². The van der Waals surface area contributed by atoms with Crippen LogP contribution in [0.2, 0.25) is 0 Å². The first-order chi connectivity index (χ1) is 7.51. The molecule has 1 N–H and O–H groups in total. The third-order valence-corrected chi connectivity index (χ3v) is 3.49. The molecule has 1 fully saturated rings. The molecule has 1 aliphatic rings. The van der Waals surface area contributed by atoms with Crippen molar-refractivity contribution in [3.8, 4) is 0 Å². The maximum Gasteiger partial charge on any atom is 0.197 e. The first kappa shape index (κ1) is 11.3. The van der Waals surface area contributed by atoms with E-state index in [0.29, 0.717) is 24.3 Å². The molecule has 0 aliphatic heterocycles. The van der Waals surface area contributed by atoms with Crippen molar-refractivity contribution in [2.45, 2.75) is 38.2 Å². The first-order valence-electron chi connectivity index (χ1n) is 5.77. The fourth-order valence-electron chi connectivity index (χ4n) is 2.27. The van der Waals surface area contributed by atoms with Gasteiger partial charge in [-0.15, -0.1) is 0 Å². The highest BCUT2D eigenvalue weighted by Crippen LogP contribution is 2.34. The summed E-state index contributed by atoms with van der Waals surface area (Å²) in [5.74, 6) is 0.439. The molecule has 1 saturated carbocycles. The van der Waals surface area contributed by atoms with Gasteiger partial charge in [-0.25, -0.2) is 0 Å². The summed E-state index contributed by atoms with van der Waals surface area (Å²) in [7, 11) is 1.77. The lowest BCUT2D eigenvalue weighted by atomic mass is 9.76. The molecule has 0 radical (unpaired) electrons. The number of nitrogens with zero attached hydrogens (tertiary/aromatic N) is 2. The van der Waals surface area contributed by atoms with Crippen molar-refractivity contribution in [3.63, 3.8) is 0 Å². The molecule has 0 bridgehead atoms. The molecule has 88 valence electrons. The molecule has 0 atom stereocenters. The third kappa shape index (κ3) is 2.02. The zero-order valence-electron chi connectivity index (χ0n) is 9.81. The Hall–Kier alpha value is -1.16. The Morgan fingerprint density at radius 1 is 1.56 bits per heavy atom. The Balaban J connectivity index is 2.15. The average molecular weight is 222 g/mol. The summed E-state index contributed by atoms with van der Waals surface area (Å²) in [5, 5.41) is 14.3. The van der Waals surface area contributed by atoms with E-state index < -0.39 is 5.60 Å². The number of carbonyl (C=O) groups excluding carboxylic acids is 1. The second kappa shape index (κ2) is 4.01. The van der Waals surface area contributed by atoms with E-state index in [0.717, 1.165) is 12.8 Å². The number of Topliss-reactive ketones (excluding diaryl/α,β-unsaturated/α-hetero) is 1. The van der Waals surface area contributed by atoms with Gasteiger partial charge < -0.3 is 5.11 Å². The minimum absolute atomic E-state index is 0.174. The maximum atomic E-state index is 12.1. The Labute approximate surface area is 95.3 Å². The van der Waals surface area contributed by atoms with E-state index >= 15 is 0 Å². The standard InChI is InChI=1S/C12H18N2O2/c1-9-3-5-12(16,6-4-9)11(15)10-7-13-14(2)8-10/h7-9,16H,3-6H2,1-2H3. The number of aryl methyl sites for hydroxylation is 1. The van der Waals surface area contributed by atoms with Crippen molar-refractivity contribution >= 4 is 5.78 Å². The lowest BCUT2D eigenvalue weighted by Crippen LogP contribution is -2.41. The lowest BCUT2D eigenvalue weighted by Gasteiger charge is -2.33. The zero-order valence-corrected chi connectivity index (χ0v) is 9.81. The van der Waals surface area contributed by atoms with Crippen LogP contribution in [0.1, 0.15) is 43.0 Å². The summed E-state index contributed by atoms with van der Waals surface area (Å²) in [6.45, 7) is 2.16. The molecule has 0 saturated heterocycles. The van der Waals surface area contributed by atoms with Gasteiger partial charge in [0, 0.05) is 13.2 Å². The molecule has 16 heavy (non-hydrogen) atoms. The highest BCUT2D eigenvalue weighted by molar-refractivity contribution is 6.02. The quantitative estimate of drug-likeness (QED) is 0.772. The summed E-state index contributed by atoms with van der Waals surface area (Å²) >= 11 is 0. The number of rotatable bonds is 2. The molecule has 0 spiro atoms. The SMILES string of the molecule is CC1CCC(O)(C(=O)c2cnn(C)c2)CC1. The number of aliphatic hydroxyl groups is 1. The van der Waals surface area contributed by atoms with Crippen LogP contribution < -0.4 is 0 Å². The van der Waals surface area contributed by atoms with E-state index in [1.54, 1.807) is 17.9 Å². The van der Waals surface area contributed by atoms with E-state index in [9.17, 15) is 9.90 Å². The van der Waals surface area contributed by atoms with Gasteiger partial charge in [0.05, 0.1) is 11.8 Å². The molecule has 0 aromatic carbocycles. The summed E-state index contributed by atoms with van der Waals surface area (Å²) < 4.78 is 1.59. The van der Waals surface area contributed by atoms with Crippen LogP contribution in [0.15, 0.2) is 12.4 Å². The number of carbonyl (C=O) groups is 1. The van der Waals surface area contributed by atoms with Gasteiger partial charge in [0.15, 0.2) is 5.78 Å². The maximum absolute atomic E-state index is 12.1. The predicted molar refractivity (Wildman–Crippen MR) is 60.1 cm³/mol. The molecular formula is C12H18N2O2. The second-order valence-electron chi connectivity index (χ2n) is 4.95. The van der Waals surface area contributed by atoms with Gasteiger partial charge >= 0.3 is 0 Å². The Morgan fingerprint density at radius 2 is 2.19 bits per heavy atom. The number of hydrogen-bond acceptors (Lipinski definition) is 3. The molecule has 1 heterocycles. The van der Waals surface area contributed by atoms with Gasteiger partial charge in [-0.2, -0.15) is 5.10 Å². The minimum Gasteiger partial charge on any atom is -0.382 e. The Kier molecular flexibility index (Phi) is 2.84. The molecular weight excluding hydrogens is 204 g/mol. The summed E-state index contributed by atoms with van der Waals surface area (Å²) in [6.07, 6.45) is 6.17. The van der Waals surface area contributed by atoms with Gasteiger partial charge in [-0.1, -0.05) is 6.92 Å². The number of ketones is 1. The van der Waals surface area contributed by atoms with Crippen LogP contribution in [0.4, 0.5) is 0 Å². The fourth-order valence-corrected chi connectivity index (χ4v) is 2.27. The van der Waals surface area contributed by atoms with Crippen LogP contribution in [0, 0.1) is 5.92 Å². The average Bonchev–Trinajstić information content (AvgIpc) is 2.68. The van der Waals surface area contributed by atoms with Crippen LogP contribution in [0.3, 0.4) is 0 Å². The van der Waals surface area contributed by atoms with E-state index in [-0.39, 0.29) is 5.78 Å². The zero-order chi connectivity index (χ0) is 11.8. The number of aromatic nitrogens is 2. The monoisotopic (exact) mass is 222 g/mol. The minimum atomic E-state index is -1.16. The van der Waals surface area contributed by atoms with Crippen molar-refractivity contribution in [3.05, 3.63) is 18.0 Å². The van der Waals surface area contributed by atoms with Crippen LogP contribution in [0.5, 0.6) is 0 Å². The van der Waals surface area contributed by atoms with Crippen LogP contribution in [0.25, 0.3) is 0 Å². The molecule has 1 aromatic rings. The first-order valence-corrected chi connectivity index (χ1v) is 5.77. The topological polar surface area (TPSA) is 55.1 Å². The van der Waals surface area contributed by atoms with Crippen molar-refractivity contribution in [1.29, 1.82) is 0 Å².